The van der Waals surface area contributed by atoms with Crippen LogP contribution in [0.3, 0.4) is 0 Å². The van der Waals surface area contributed by atoms with Crippen molar-refractivity contribution in [1.82, 2.24) is 4.90 Å². The van der Waals surface area contributed by atoms with Crippen LogP contribution in [-0.4, -0.2) is 47.9 Å². The molecular formula is C14H17NO5. The van der Waals surface area contributed by atoms with Crippen molar-refractivity contribution in [2.24, 2.45) is 0 Å². The number of ether oxygens (including phenoxy) is 2. The van der Waals surface area contributed by atoms with Crippen LogP contribution in [0.4, 0.5) is 4.79 Å². The number of hydrogen-bond acceptors (Lipinski definition) is 4. The lowest BCUT2D eigenvalue weighted by Crippen LogP contribution is -2.49. The van der Waals surface area contributed by atoms with Gasteiger partial charge < -0.3 is 19.5 Å². The number of benzene rings is 1. The minimum Gasteiger partial charge on any atom is -0.481 e. The van der Waals surface area contributed by atoms with Gasteiger partial charge in [0, 0.05) is 6.54 Å². The summed E-state index contributed by atoms with van der Waals surface area (Å²) in [4.78, 5) is 24.2. The second-order valence-electron chi connectivity index (χ2n) is 4.56. The molecule has 1 aromatic carbocycles. The summed E-state index contributed by atoms with van der Waals surface area (Å²) in [6, 6.07) is 8.87. The van der Waals surface area contributed by atoms with Gasteiger partial charge >= 0.3 is 12.1 Å². The van der Waals surface area contributed by atoms with Crippen molar-refractivity contribution < 1.29 is 24.2 Å². The fraction of sp³-hybridized carbons (Fsp3) is 0.429. The normalized spacial score (nSPS) is 18.6. The van der Waals surface area contributed by atoms with Gasteiger partial charge in [-0.05, 0) is 5.56 Å². The molecule has 1 aliphatic heterocycles. The zero-order valence-corrected chi connectivity index (χ0v) is 11.0. The molecule has 6 heteroatoms. The molecule has 20 heavy (non-hydrogen) atoms. The lowest BCUT2D eigenvalue weighted by atomic mass is 10.2. The van der Waals surface area contributed by atoms with E-state index in [1.807, 2.05) is 30.3 Å². The summed E-state index contributed by atoms with van der Waals surface area (Å²) in [5, 5.41) is 8.84. The van der Waals surface area contributed by atoms with Crippen LogP contribution < -0.4 is 0 Å². The predicted molar refractivity (Wildman–Crippen MR) is 70.2 cm³/mol. The van der Waals surface area contributed by atoms with Gasteiger partial charge in [0.25, 0.3) is 0 Å². The van der Waals surface area contributed by atoms with Gasteiger partial charge in [-0.15, -0.1) is 0 Å². The molecule has 1 amide bonds. The van der Waals surface area contributed by atoms with E-state index in [0.29, 0.717) is 13.2 Å². The Bertz CT molecular complexity index is 462. The first-order chi connectivity index (χ1) is 9.66. The fourth-order valence-electron chi connectivity index (χ4n) is 2.07. The number of rotatable bonds is 4. The Balaban J connectivity index is 1.90. The van der Waals surface area contributed by atoms with Crippen LogP contribution in [0.15, 0.2) is 30.3 Å². The van der Waals surface area contributed by atoms with Gasteiger partial charge in [0.2, 0.25) is 0 Å². The van der Waals surface area contributed by atoms with Crippen LogP contribution >= 0.6 is 0 Å². The minimum absolute atomic E-state index is 0.138. The van der Waals surface area contributed by atoms with E-state index in [9.17, 15) is 9.59 Å². The first-order valence-corrected chi connectivity index (χ1v) is 6.43. The first kappa shape index (κ1) is 14.3. The van der Waals surface area contributed by atoms with E-state index in [1.165, 1.54) is 4.90 Å². The lowest BCUT2D eigenvalue weighted by Gasteiger charge is -2.33. The monoisotopic (exact) mass is 279 g/mol. The summed E-state index contributed by atoms with van der Waals surface area (Å²) < 4.78 is 10.4. The molecule has 1 saturated heterocycles. The van der Waals surface area contributed by atoms with E-state index in [1.54, 1.807) is 0 Å². The SMILES string of the molecule is O=C(O)C[C@H]1COCCN1C(=O)OCc1ccccc1. The molecule has 0 bridgehead atoms. The van der Waals surface area contributed by atoms with E-state index in [0.717, 1.165) is 5.56 Å². The summed E-state index contributed by atoms with van der Waals surface area (Å²) in [7, 11) is 0. The standard InChI is InChI=1S/C14H17NO5/c16-13(17)8-12-10-19-7-6-15(12)14(18)20-9-11-4-2-1-3-5-11/h1-5,12H,6-10H2,(H,16,17)/t12-/m0/s1. The van der Waals surface area contributed by atoms with Crippen molar-refractivity contribution >= 4 is 12.1 Å². The van der Waals surface area contributed by atoms with Crippen LogP contribution in [0, 0.1) is 0 Å². The molecule has 1 aliphatic rings. The Labute approximate surface area is 116 Å². The summed E-state index contributed by atoms with van der Waals surface area (Å²) >= 11 is 0. The summed E-state index contributed by atoms with van der Waals surface area (Å²) in [5.74, 6) is -0.957. The van der Waals surface area contributed by atoms with Crippen LogP contribution in [0.5, 0.6) is 0 Å². The number of nitrogens with zero attached hydrogens (tertiary/aromatic N) is 1. The van der Waals surface area contributed by atoms with Crippen LogP contribution in [0.1, 0.15) is 12.0 Å². The van der Waals surface area contributed by atoms with Crippen LogP contribution in [-0.2, 0) is 20.9 Å². The number of morpholine rings is 1. The quantitative estimate of drug-likeness (QED) is 0.903. The maximum Gasteiger partial charge on any atom is 0.410 e. The highest BCUT2D eigenvalue weighted by atomic mass is 16.6. The lowest BCUT2D eigenvalue weighted by molar-refractivity contribution is -0.139. The number of aliphatic carboxylic acids is 1. The van der Waals surface area contributed by atoms with E-state index >= 15 is 0 Å². The molecule has 0 aromatic heterocycles. The zero-order valence-electron chi connectivity index (χ0n) is 11.0. The van der Waals surface area contributed by atoms with E-state index in [2.05, 4.69) is 0 Å². The highest BCUT2D eigenvalue weighted by Gasteiger charge is 2.30. The zero-order chi connectivity index (χ0) is 14.4. The maximum absolute atomic E-state index is 12.0. The van der Waals surface area contributed by atoms with Gasteiger partial charge in [0.1, 0.15) is 6.61 Å². The second-order valence-corrected chi connectivity index (χ2v) is 4.56. The van der Waals surface area contributed by atoms with Gasteiger partial charge in [0.05, 0.1) is 25.7 Å². The largest absolute Gasteiger partial charge is 0.481 e. The molecule has 0 unspecified atom stereocenters. The number of amides is 1. The topological polar surface area (TPSA) is 76.1 Å². The van der Waals surface area contributed by atoms with Gasteiger partial charge in [-0.25, -0.2) is 4.79 Å². The number of carboxylic acid groups (broad SMARTS) is 1. The summed E-state index contributed by atoms with van der Waals surface area (Å²) in [6.45, 7) is 1.16. The van der Waals surface area contributed by atoms with Crippen molar-refractivity contribution in [2.75, 3.05) is 19.8 Å². The molecule has 108 valence electrons. The van der Waals surface area contributed by atoms with Crippen LogP contribution in [0.2, 0.25) is 0 Å². The molecule has 0 spiro atoms. The predicted octanol–water partition coefficient (Wildman–Crippen LogP) is 1.50. The maximum atomic E-state index is 12.0. The third kappa shape index (κ3) is 3.96. The van der Waals surface area contributed by atoms with Gasteiger partial charge in [-0.1, -0.05) is 30.3 Å². The second kappa shape index (κ2) is 6.91. The van der Waals surface area contributed by atoms with Crippen molar-refractivity contribution in [3.05, 3.63) is 35.9 Å². The Morgan fingerprint density at radius 2 is 2.10 bits per heavy atom. The van der Waals surface area contributed by atoms with Crippen molar-refractivity contribution in [1.29, 1.82) is 0 Å². The van der Waals surface area contributed by atoms with E-state index in [4.69, 9.17) is 14.6 Å². The molecule has 1 aromatic rings. The Hall–Kier alpha value is -2.08. The molecule has 0 radical (unpaired) electrons. The number of hydrogen-bond donors (Lipinski definition) is 1. The van der Waals surface area contributed by atoms with E-state index in [-0.39, 0.29) is 19.6 Å². The highest BCUT2D eigenvalue weighted by molar-refractivity contribution is 5.71. The highest BCUT2D eigenvalue weighted by Crippen LogP contribution is 2.13. The average molecular weight is 279 g/mol. The van der Waals surface area contributed by atoms with Gasteiger partial charge in [-0.3, -0.25) is 4.79 Å². The van der Waals surface area contributed by atoms with Gasteiger partial charge in [-0.2, -0.15) is 0 Å². The smallest absolute Gasteiger partial charge is 0.410 e. The van der Waals surface area contributed by atoms with Crippen LogP contribution in [0.25, 0.3) is 0 Å². The Morgan fingerprint density at radius 3 is 2.80 bits per heavy atom. The summed E-state index contributed by atoms with van der Waals surface area (Å²) in [6.07, 6.45) is -0.635. The third-order valence-corrected chi connectivity index (χ3v) is 3.08. The average Bonchev–Trinajstić information content (AvgIpc) is 2.46. The molecule has 0 aliphatic carbocycles. The minimum atomic E-state index is -0.957. The van der Waals surface area contributed by atoms with Crippen molar-refractivity contribution in [2.45, 2.75) is 19.1 Å². The molecule has 0 saturated carbocycles. The summed E-state index contributed by atoms with van der Waals surface area (Å²) in [5.41, 5.74) is 0.892. The third-order valence-electron chi connectivity index (χ3n) is 3.08. The van der Waals surface area contributed by atoms with Crippen molar-refractivity contribution in [3.63, 3.8) is 0 Å². The van der Waals surface area contributed by atoms with Crippen molar-refractivity contribution in [3.8, 4) is 0 Å². The molecular weight excluding hydrogens is 262 g/mol. The molecule has 1 N–H and O–H groups in total. The Kier molecular flexibility index (Phi) is 4.95. The molecule has 2 rings (SSSR count). The number of carbonyl (C=O) groups is 2. The molecule has 1 atom stereocenters. The van der Waals surface area contributed by atoms with Gasteiger partial charge in [0.15, 0.2) is 0 Å². The molecule has 1 fully saturated rings. The number of carboxylic acids is 1. The molecule has 1 heterocycles. The fourth-order valence-corrected chi connectivity index (χ4v) is 2.07. The first-order valence-electron chi connectivity index (χ1n) is 6.43. The number of carbonyl (C=O) groups excluding carboxylic acids is 1. The molecule has 6 nitrogen and oxygen atoms in total. The Morgan fingerprint density at radius 1 is 1.35 bits per heavy atom. The van der Waals surface area contributed by atoms with E-state index < -0.39 is 18.1 Å².